The van der Waals surface area contributed by atoms with E-state index in [9.17, 15) is 9.59 Å². The molecular weight excluding hydrogens is 350 g/mol. The molecule has 0 aliphatic carbocycles. The zero-order chi connectivity index (χ0) is 18.4. The van der Waals surface area contributed by atoms with Gasteiger partial charge in [0.25, 0.3) is 5.91 Å². The molecule has 0 aliphatic heterocycles. The number of nitrogens with zero attached hydrogens (tertiary/aromatic N) is 2. The fourth-order valence-corrected chi connectivity index (χ4v) is 3.32. The van der Waals surface area contributed by atoms with Gasteiger partial charge in [-0.25, -0.2) is 0 Å². The summed E-state index contributed by atoms with van der Waals surface area (Å²) in [6.45, 7) is 0.588. The Bertz CT molecular complexity index is 859. The van der Waals surface area contributed by atoms with Crippen molar-refractivity contribution >= 4 is 23.2 Å². The highest BCUT2D eigenvalue weighted by atomic mass is 32.1. The number of ether oxygens (including phenoxy) is 1. The summed E-state index contributed by atoms with van der Waals surface area (Å²) < 4.78 is 6.45. The number of hydrogen-bond donors (Lipinski definition) is 1. The van der Waals surface area contributed by atoms with Crippen molar-refractivity contribution in [3.63, 3.8) is 0 Å². The van der Waals surface area contributed by atoms with Crippen LogP contribution in [0.1, 0.15) is 33.3 Å². The molecule has 1 amide bonds. The SMILES string of the molecule is COC(=O)CC(NC(=O)c1cnn(Cc2ccccc2)c1)c1cccs1. The highest BCUT2D eigenvalue weighted by Crippen LogP contribution is 2.23. The first-order valence-electron chi connectivity index (χ1n) is 8.13. The van der Waals surface area contributed by atoms with Crippen molar-refractivity contribution in [1.82, 2.24) is 15.1 Å². The van der Waals surface area contributed by atoms with Gasteiger partial charge in [-0.3, -0.25) is 14.3 Å². The maximum atomic E-state index is 12.6. The summed E-state index contributed by atoms with van der Waals surface area (Å²) in [5.41, 5.74) is 1.55. The quantitative estimate of drug-likeness (QED) is 0.650. The number of amides is 1. The van der Waals surface area contributed by atoms with Crippen LogP contribution in [0.25, 0.3) is 0 Å². The third-order valence-electron chi connectivity index (χ3n) is 3.87. The molecule has 0 fully saturated rings. The summed E-state index contributed by atoms with van der Waals surface area (Å²) in [6, 6.07) is 13.2. The molecule has 3 rings (SSSR count). The van der Waals surface area contributed by atoms with Crippen LogP contribution in [0.4, 0.5) is 0 Å². The minimum absolute atomic E-state index is 0.0842. The molecule has 0 spiro atoms. The summed E-state index contributed by atoms with van der Waals surface area (Å²) >= 11 is 1.48. The predicted octanol–water partition coefficient (Wildman–Crippen LogP) is 3.03. The zero-order valence-electron chi connectivity index (χ0n) is 14.3. The smallest absolute Gasteiger partial charge is 0.307 e. The van der Waals surface area contributed by atoms with Crippen molar-refractivity contribution < 1.29 is 14.3 Å². The van der Waals surface area contributed by atoms with Crippen LogP contribution in [0, 0.1) is 0 Å². The van der Waals surface area contributed by atoms with Crippen LogP contribution in [0.3, 0.4) is 0 Å². The molecule has 0 aliphatic rings. The second kappa shape index (κ2) is 8.44. The van der Waals surface area contributed by atoms with Gasteiger partial charge in [0.2, 0.25) is 0 Å². The average Bonchev–Trinajstić information content (AvgIpc) is 3.34. The van der Waals surface area contributed by atoms with E-state index in [2.05, 4.69) is 10.4 Å². The van der Waals surface area contributed by atoms with Crippen LogP contribution in [0.5, 0.6) is 0 Å². The van der Waals surface area contributed by atoms with E-state index < -0.39 is 6.04 Å². The average molecular weight is 369 g/mol. The lowest BCUT2D eigenvalue weighted by Crippen LogP contribution is -2.29. The van der Waals surface area contributed by atoms with E-state index in [1.165, 1.54) is 24.6 Å². The molecule has 1 atom stereocenters. The first-order chi connectivity index (χ1) is 12.7. The summed E-state index contributed by atoms with van der Waals surface area (Å²) in [5, 5.41) is 9.05. The van der Waals surface area contributed by atoms with Gasteiger partial charge >= 0.3 is 5.97 Å². The third kappa shape index (κ3) is 4.58. The Hall–Kier alpha value is -2.93. The van der Waals surface area contributed by atoms with Gasteiger partial charge in [-0.05, 0) is 17.0 Å². The molecule has 26 heavy (non-hydrogen) atoms. The molecule has 1 unspecified atom stereocenters. The number of carbonyl (C=O) groups is 2. The van der Waals surface area contributed by atoms with Crippen molar-refractivity contribution in [3.05, 3.63) is 76.2 Å². The predicted molar refractivity (Wildman–Crippen MR) is 98.9 cm³/mol. The molecule has 7 heteroatoms. The minimum atomic E-state index is -0.424. The van der Waals surface area contributed by atoms with Crippen molar-refractivity contribution in [2.24, 2.45) is 0 Å². The van der Waals surface area contributed by atoms with Crippen molar-refractivity contribution in [1.29, 1.82) is 0 Å². The largest absolute Gasteiger partial charge is 0.469 e. The third-order valence-corrected chi connectivity index (χ3v) is 4.86. The van der Waals surface area contributed by atoms with Crippen LogP contribution in [0.2, 0.25) is 0 Å². The number of carbonyl (C=O) groups excluding carboxylic acids is 2. The second-order valence-electron chi connectivity index (χ2n) is 5.73. The van der Waals surface area contributed by atoms with E-state index in [0.29, 0.717) is 12.1 Å². The number of aromatic nitrogens is 2. The summed E-state index contributed by atoms with van der Waals surface area (Å²) in [6.07, 6.45) is 3.31. The van der Waals surface area contributed by atoms with Gasteiger partial charge in [0.1, 0.15) is 0 Å². The van der Waals surface area contributed by atoms with Crippen LogP contribution in [0.15, 0.2) is 60.2 Å². The maximum Gasteiger partial charge on any atom is 0.307 e. The van der Waals surface area contributed by atoms with E-state index in [0.717, 1.165) is 10.4 Å². The summed E-state index contributed by atoms with van der Waals surface area (Å²) in [5.74, 6) is -0.643. The van der Waals surface area contributed by atoms with Crippen LogP contribution in [-0.4, -0.2) is 28.8 Å². The van der Waals surface area contributed by atoms with Gasteiger partial charge in [-0.1, -0.05) is 36.4 Å². The number of nitrogens with one attached hydrogen (secondary N) is 1. The van der Waals surface area contributed by atoms with Crippen LogP contribution >= 0.6 is 11.3 Å². The number of methoxy groups -OCH3 is 1. The highest BCUT2D eigenvalue weighted by Gasteiger charge is 2.21. The molecule has 134 valence electrons. The van der Waals surface area contributed by atoms with E-state index in [-0.39, 0.29) is 18.3 Å². The molecule has 0 saturated heterocycles. The van der Waals surface area contributed by atoms with Gasteiger partial charge in [-0.15, -0.1) is 11.3 Å². The van der Waals surface area contributed by atoms with Gasteiger partial charge in [-0.2, -0.15) is 5.10 Å². The lowest BCUT2D eigenvalue weighted by molar-refractivity contribution is -0.141. The van der Waals surface area contributed by atoms with Gasteiger partial charge in [0.05, 0.1) is 37.9 Å². The van der Waals surface area contributed by atoms with E-state index >= 15 is 0 Å². The van der Waals surface area contributed by atoms with Crippen molar-refractivity contribution in [3.8, 4) is 0 Å². The normalized spacial score (nSPS) is 11.7. The van der Waals surface area contributed by atoms with E-state index in [1.807, 2.05) is 47.8 Å². The Balaban J connectivity index is 1.68. The lowest BCUT2D eigenvalue weighted by Gasteiger charge is -2.15. The van der Waals surface area contributed by atoms with Gasteiger partial charge < -0.3 is 10.1 Å². The number of thiophene rings is 1. The Morgan fingerprint density at radius 1 is 1.23 bits per heavy atom. The Kier molecular flexibility index (Phi) is 5.80. The lowest BCUT2D eigenvalue weighted by atomic mass is 10.1. The molecule has 1 N–H and O–H groups in total. The molecule has 0 bridgehead atoms. The van der Waals surface area contributed by atoms with E-state index in [4.69, 9.17) is 4.74 Å². The second-order valence-corrected chi connectivity index (χ2v) is 6.71. The molecule has 2 aromatic heterocycles. The van der Waals surface area contributed by atoms with Gasteiger partial charge in [0.15, 0.2) is 0 Å². The highest BCUT2D eigenvalue weighted by molar-refractivity contribution is 7.10. The topological polar surface area (TPSA) is 73.2 Å². The number of benzene rings is 1. The molecule has 2 heterocycles. The standard InChI is InChI=1S/C19H19N3O3S/c1-25-18(23)10-16(17-8-5-9-26-17)21-19(24)15-11-20-22(13-15)12-14-6-3-2-4-7-14/h2-9,11,13,16H,10,12H2,1H3,(H,21,24). The van der Waals surface area contributed by atoms with Crippen LogP contribution in [-0.2, 0) is 16.1 Å². The van der Waals surface area contributed by atoms with E-state index in [1.54, 1.807) is 10.9 Å². The first-order valence-corrected chi connectivity index (χ1v) is 9.01. The minimum Gasteiger partial charge on any atom is -0.469 e. The monoisotopic (exact) mass is 369 g/mol. The van der Waals surface area contributed by atoms with Crippen molar-refractivity contribution in [2.45, 2.75) is 19.0 Å². The first kappa shape index (κ1) is 17.9. The Labute approximate surface area is 155 Å². The molecule has 6 nitrogen and oxygen atoms in total. The fraction of sp³-hybridized carbons (Fsp3) is 0.211. The number of esters is 1. The molecule has 3 aromatic rings. The Morgan fingerprint density at radius 2 is 2.04 bits per heavy atom. The molecular formula is C19H19N3O3S. The maximum absolute atomic E-state index is 12.6. The molecule has 1 aromatic carbocycles. The van der Waals surface area contributed by atoms with Crippen molar-refractivity contribution in [2.75, 3.05) is 7.11 Å². The van der Waals surface area contributed by atoms with Gasteiger partial charge in [0, 0.05) is 11.1 Å². The number of hydrogen-bond acceptors (Lipinski definition) is 5. The number of rotatable bonds is 7. The molecule has 0 saturated carbocycles. The molecule has 0 radical (unpaired) electrons. The fourth-order valence-electron chi connectivity index (χ4n) is 2.54. The Morgan fingerprint density at radius 3 is 2.73 bits per heavy atom. The zero-order valence-corrected chi connectivity index (χ0v) is 15.1. The summed E-state index contributed by atoms with van der Waals surface area (Å²) in [4.78, 5) is 25.1. The van der Waals surface area contributed by atoms with Crippen LogP contribution < -0.4 is 5.32 Å². The summed E-state index contributed by atoms with van der Waals surface area (Å²) in [7, 11) is 1.34.